The Morgan fingerprint density at radius 2 is 1.96 bits per heavy atom. The van der Waals surface area contributed by atoms with Gasteiger partial charge in [-0.2, -0.15) is 5.26 Å². The quantitative estimate of drug-likeness (QED) is 0.584. The van der Waals surface area contributed by atoms with E-state index in [0.29, 0.717) is 11.1 Å². The first kappa shape index (κ1) is 16.8. The van der Waals surface area contributed by atoms with Crippen LogP contribution < -0.4 is 0 Å². The fraction of sp³-hybridized carbons (Fsp3) is 0.211. The van der Waals surface area contributed by atoms with Crippen LogP contribution in [-0.2, 0) is 6.54 Å². The predicted molar refractivity (Wildman–Crippen MR) is 93.0 cm³/mol. The van der Waals surface area contributed by atoms with Gasteiger partial charge in [0, 0.05) is 29.6 Å². The molecule has 0 amide bonds. The summed E-state index contributed by atoms with van der Waals surface area (Å²) < 4.78 is 27.7. The first-order valence-corrected chi connectivity index (χ1v) is 7.79. The van der Waals surface area contributed by atoms with Gasteiger partial charge in [0.1, 0.15) is 5.69 Å². The van der Waals surface area contributed by atoms with Crippen LogP contribution in [0.25, 0.3) is 22.0 Å². The topological polar surface area (TPSA) is 58.1 Å². The Balaban J connectivity index is 2.18. The second-order valence-corrected chi connectivity index (χ2v) is 5.86. The molecule has 1 heterocycles. The number of rotatable bonds is 6. The van der Waals surface area contributed by atoms with Crippen molar-refractivity contribution >= 4 is 16.6 Å². The Morgan fingerprint density at radius 3 is 2.64 bits per heavy atom. The predicted octanol–water partition coefficient (Wildman–Crippen LogP) is 5.13. The standard InChI is InChI=1S/C19H15F2N3O/c20-8-14(9-21)11-24-12-18(15-3-1-2-13(6-15)10-22)17-5-4-16(23-25)7-19(17)24/h1-7,12,14H,8-9,11H2. The number of nitriles is 1. The van der Waals surface area contributed by atoms with E-state index < -0.39 is 19.3 Å². The molecular weight excluding hydrogens is 324 g/mol. The summed E-state index contributed by atoms with van der Waals surface area (Å²) in [5, 5.41) is 12.9. The smallest absolute Gasteiger partial charge is 0.110 e. The fourth-order valence-corrected chi connectivity index (χ4v) is 2.89. The molecule has 3 rings (SSSR count). The summed E-state index contributed by atoms with van der Waals surface area (Å²) in [4.78, 5) is 10.8. The normalized spacial score (nSPS) is 11.0. The van der Waals surface area contributed by atoms with E-state index in [1.807, 2.05) is 6.07 Å². The number of hydrogen-bond acceptors (Lipinski definition) is 3. The lowest BCUT2D eigenvalue weighted by atomic mass is 10.0. The van der Waals surface area contributed by atoms with Crippen LogP contribution in [-0.4, -0.2) is 17.9 Å². The molecule has 0 bridgehead atoms. The number of aromatic nitrogens is 1. The van der Waals surface area contributed by atoms with Crippen LogP contribution in [0.15, 0.2) is 53.8 Å². The van der Waals surface area contributed by atoms with Crippen molar-refractivity contribution in [3.63, 3.8) is 0 Å². The van der Waals surface area contributed by atoms with Gasteiger partial charge in [-0.3, -0.25) is 8.78 Å². The van der Waals surface area contributed by atoms with E-state index in [9.17, 15) is 13.7 Å². The van der Waals surface area contributed by atoms with Crippen LogP contribution in [0.2, 0.25) is 0 Å². The van der Waals surface area contributed by atoms with Gasteiger partial charge in [-0.15, -0.1) is 4.91 Å². The first-order valence-electron chi connectivity index (χ1n) is 7.79. The third-order valence-corrected chi connectivity index (χ3v) is 4.17. The van der Waals surface area contributed by atoms with Crippen molar-refractivity contribution in [1.29, 1.82) is 5.26 Å². The molecule has 6 heteroatoms. The molecule has 0 aliphatic carbocycles. The van der Waals surface area contributed by atoms with Gasteiger partial charge in [0.2, 0.25) is 0 Å². The minimum atomic E-state index is -0.763. The largest absolute Gasteiger partial charge is 0.346 e. The molecular formula is C19H15F2N3O. The number of hydrogen-bond donors (Lipinski definition) is 0. The molecule has 0 atom stereocenters. The van der Waals surface area contributed by atoms with E-state index in [-0.39, 0.29) is 12.2 Å². The van der Waals surface area contributed by atoms with E-state index in [1.165, 1.54) is 0 Å². The molecule has 0 aliphatic rings. The molecule has 1 aromatic heterocycles. The summed E-state index contributed by atoms with van der Waals surface area (Å²) in [5.74, 6) is -0.748. The van der Waals surface area contributed by atoms with E-state index in [4.69, 9.17) is 5.26 Å². The van der Waals surface area contributed by atoms with E-state index >= 15 is 0 Å². The van der Waals surface area contributed by atoms with E-state index in [0.717, 1.165) is 16.5 Å². The van der Waals surface area contributed by atoms with Crippen molar-refractivity contribution in [2.75, 3.05) is 13.3 Å². The van der Waals surface area contributed by atoms with Crippen molar-refractivity contribution < 1.29 is 8.78 Å². The van der Waals surface area contributed by atoms with Gasteiger partial charge >= 0.3 is 0 Å². The van der Waals surface area contributed by atoms with Crippen LogP contribution >= 0.6 is 0 Å². The lowest BCUT2D eigenvalue weighted by Gasteiger charge is -2.11. The molecule has 0 fully saturated rings. The zero-order valence-electron chi connectivity index (χ0n) is 13.3. The van der Waals surface area contributed by atoms with Crippen LogP contribution in [0.4, 0.5) is 14.5 Å². The van der Waals surface area contributed by atoms with E-state index in [1.54, 1.807) is 47.2 Å². The van der Waals surface area contributed by atoms with Gasteiger partial charge in [-0.05, 0) is 41.1 Å². The Labute approximate surface area is 143 Å². The van der Waals surface area contributed by atoms with Gasteiger partial charge in [0.05, 0.1) is 30.5 Å². The number of alkyl halides is 2. The maximum Gasteiger partial charge on any atom is 0.110 e. The monoisotopic (exact) mass is 339 g/mol. The van der Waals surface area contributed by atoms with Gasteiger partial charge < -0.3 is 4.57 Å². The molecule has 0 unspecified atom stereocenters. The molecule has 0 radical (unpaired) electrons. The maximum atomic E-state index is 13.0. The summed E-state index contributed by atoms with van der Waals surface area (Å²) in [6, 6.07) is 14.2. The highest BCUT2D eigenvalue weighted by molar-refractivity contribution is 5.97. The number of nitrogens with zero attached hydrogens (tertiary/aromatic N) is 3. The molecule has 2 aromatic carbocycles. The Hall–Kier alpha value is -3.07. The maximum absolute atomic E-state index is 13.0. The van der Waals surface area contributed by atoms with Gasteiger partial charge in [0.25, 0.3) is 0 Å². The zero-order chi connectivity index (χ0) is 17.8. The van der Waals surface area contributed by atoms with Crippen molar-refractivity contribution in [1.82, 2.24) is 4.57 Å². The van der Waals surface area contributed by atoms with Crippen molar-refractivity contribution in [3.8, 4) is 17.2 Å². The summed E-state index contributed by atoms with van der Waals surface area (Å²) >= 11 is 0. The molecule has 0 spiro atoms. The second-order valence-electron chi connectivity index (χ2n) is 5.86. The number of benzene rings is 2. The highest BCUT2D eigenvalue weighted by atomic mass is 19.1. The third kappa shape index (κ3) is 3.26. The molecule has 0 aliphatic heterocycles. The van der Waals surface area contributed by atoms with E-state index in [2.05, 4.69) is 11.2 Å². The van der Waals surface area contributed by atoms with Gasteiger partial charge in [-0.25, -0.2) is 0 Å². The molecule has 126 valence electrons. The average molecular weight is 339 g/mol. The highest BCUT2D eigenvalue weighted by Gasteiger charge is 2.15. The minimum Gasteiger partial charge on any atom is -0.346 e. The first-order chi connectivity index (χ1) is 12.2. The summed E-state index contributed by atoms with van der Waals surface area (Å²) in [6.45, 7) is -1.37. The van der Waals surface area contributed by atoms with Crippen LogP contribution in [0.3, 0.4) is 0 Å². The fourth-order valence-electron chi connectivity index (χ4n) is 2.89. The molecule has 25 heavy (non-hydrogen) atoms. The number of halogens is 2. The summed E-state index contributed by atoms with van der Waals surface area (Å²) in [6.07, 6.45) is 1.80. The minimum absolute atomic E-state index is 0.156. The van der Waals surface area contributed by atoms with Gasteiger partial charge in [0.15, 0.2) is 0 Å². The average Bonchev–Trinajstić information content (AvgIpc) is 3.03. The Bertz CT molecular complexity index is 955. The second kappa shape index (κ2) is 7.22. The highest BCUT2D eigenvalue weighted by Crippen LogP contribution is 2.34. The molecule has 3 aromatic rings. The third-order valence-electron chi connectivity index (χ3n) is 4.17. The summed E-state index contributed by atoms with van der Waals surface area (Å²) in [5.41, 5.74) is 3.12. The number of nitroso groups, excluding NO2 is 1. The summed E-state index contributed by atoms with van der Waals surface area (Å²) in [7, 11) is 0. The van der Waals surface area contributed by atoms with Gasteiger partial charge in [-0.1, -0.05) is 12.1 Å². The lowest BCUT2D eigenvalue weighted by Crippen LogP contribution is -2.13. The van der Waals surface area contributed by atoms with Crippen molar-refractivity contribution in [2.24, 2.45) is 11.1 Å². The SMILES string of the molecule is N#Cc1cccc(-c2cn(CC(CF)CF)c3cc(N=O)ccc23)c1. The zero-order valence-corrected chi connectivity index (χ0v) is 13.3. The lowest BCUT2D eigenvalue weighted by molar-refractivity contribution is 0.265. The Morgan fingerprint density at radius 1 is 1.16 bits per heavy atom. The molecule has 4 nitrogen and oxygen atoms in total. The molecule has 0 saturated heterocycles. The Kier molecular flexibility index (Phi) is 4.85. The molecule has 0 saturated carbocycles. The number of fused-ring (bicyclic) bond motifs is 1. The molecule has 0 N–H and O–H groups in total. The van der Waals surface area contributed by atoms with Crippen molar-refractivity contribution in [2.45, 2.75) is 6.54 Å². The van der Waals surface area contributed by atoms with Crippen molar-refractivity contribution in [3.05, 3.63) is 59.1 Å². The van der Waals surface area contributed by atoms with Crippen LogP contribution in [0.5, 0.6) is 0 Å². The van der Waals surface area contributed by atoms with Crippen LogP contribution in [0, 0.1) is 22.2 Å². The van der Waals surface area contributed by atoms with Crippen LogP contribution in [0.1, 0.15) is 5.56 Å².